The van der Waals surface area contributed by atoms with Crippen LogP contribution in [0.5, 0.6) is 0 Å². The van der Waals surface area contributed by atoms with Crippen LogP contribution in [0.1, 0.15) is 12.0 Å². The van der Waals surface area contributed by atoms with Gasteiger partial charge < -0.3 is 9.84 Å². The molecule has 1 fully saturated rings. The summed E-state index contributed by atoms with van der Waals surface area (Å²) in [5.74, 6) is -0.246. The Hall–Kier alpha value is -1.35. The average molecular weight is 206 g/mol. The standard InChI is InChI=1S/C12H14O3/c13-11(10-7-12(14)15-8-10)6-9-4-2-1-3-5-9/h1-5,10-11,13H,6-8H2/t10-,11+/m1/s1. The molecule has 3 nitrogen and oxygen atoms in total. The molecule has 1 heterocycles. The highest BCUT2D eigenvalue weighted by Gasteiger charge is 2.29. The first-order valence-electron chi connectivity index (χ1n) is 5.13. The molecule has 0 amide bonds. The summed E-state index contributed by atoms with van der Waals surface area (Å²) in [7, 11) is 0. The number of aliphatic hydroxyl groups excluding tert-OH is 1. The van der Waals surface area contributed by atoms with Crippen molar-refractivity contribution in [3.8, 4) is 0 Å². The second-order valence-electron chi connectivity index (χ2n) is 3.90. The van der Waals surface area contributed by atoms with Crippen LogP contribution in [-0.2, 0) is 16.0 Å². The van der Waals surface area contributed by atoms with E-state index in [0.29, 0.717) is 19.4 Å². The van der Waals surface area contributed by atoms with Crippen LogP contribution in [0.4, 0.5) is 0 Å². The van der Waals surface area contributed by atoms with Crippen LogP contribution in [0, 0.1) is 5.92 Å². The number of hydrogen-bond donors (Lipinski definition) is 1. The Bertz CT molecular complexity index is 334. The Labute approximate surface area is 88.7 Å². The maximum absolute atomic E-state index is 10.9. The predicted molar refractivity (Wildman–Crippen MR) is 55.2 cm³/mol. The fourth-order valence-corrected chi connectivity index (χ4v) is 1.80. The average Bonchev–Trinajstić information content (AvgIpc) is 2.66. The molecule has 0 spiro atoms. The highest BCUT2D eigenvalue weighted by atomic mass is 16.5. The molecule has 0 aromatic heterocycles. The second kappa shape index (κ2) is 4.45. The van der Waals surface area contributed by atoms with Gasteiger partial charge in [0.15, 0.2) is 0 Å². The first-order chi connectivity index (χ1) is 7.25. The Morgan fingerprint density at radius 2 is 2.13 bits per heavy atom. The van der Waals surface area contributed by atoms with E-state index in [-0.39, 0.29) is 11.9 Å². The maximum Gasteiger partial charge on any atom is 0.306 e. The van der Waals surface area contributed by atoms with E-state index in [1.165, 1.54) is 0 Å². The molecule has 0 bridgehead atoms. The lowest BCUT2D eigenvalue weighted by Crippen LogP contribution is -2.23. The summed E-state index contributed by atoms with van der Waals surface area (Å²) in [6.07, 6.45) is 0.440. The number of aliphatic hydroxyl groups is 1. The van der Waals surface area contributed by atoms with Gasteiger partial charge in [0, 0.05) is 5.92 Å². The molecule has 2 atom stereocenters. The second-order valence-corrected chi connectivity index (χ2v) is 3.90. The Balaban J connectivity index is 1.92. The third kappa shape index (κ3) is 2.57. The lowest BCUT2D eigenvalue weighted by molar-refractivity contribution is -0.137. The van der Waals surface area contributed by atoms with Crippen LogP contribution in [0.25, 0.3) is 0 Å². The molecule has 80 valence electrons. The minimum absolute atomic E-state index is 0.0438. The summed E-state index contributed by atoms with van der Waals surface area (Å²) in [6.45, 7) is 0.354. The lowest BCUT2D eigenvalue weighted by atomic mass is 9.95. The van der Waals surface area contributed by atoms with E-state index in [1.54, 1.807) is 0 Å². The van der Waals surface area contributed by atoms with E-state index >= 15 is 0 Å². The molecule has 0 radical (unpaired) electrons. The summed E-state index contributed by atoms with van der Waals surface area (Å²) >= 11 is 0. The summed E-state index contributed by atoms with van der Waals surface area (Å²) in [5.41, 5.74) is 1.09. The van der Waals surface area contributed by atoms with Gasteiger partial charge in [-0.15, -0.1) is 0 Å². The van der Waals surface area contributed by atoms with Crippen LogP contribution in [0.15, 0.2) is 30.3 Å². The van der Waals surface area contributed by atoms with Gasteiger partial charge in [-0.2, -0.15) is 0 Å². The van der Waals surface area contributed by atoms with Gasteiger partial charge in [-0.1, -0.05) is 30.3 Å². The molecule has 1 N–H and O–H groups in total. The van der Waals surface area contributed by atoms with Crippen molar-refractivity contribution >= 4 is 5.97 Å². The third-order valence-electron chi connectivity index (χ3n) is 2.72. The minimum atomic E-state index is -0.487. The number of rotatable bonds is 3. The smallest absolute Gasteiger partial charge is 0.306 e. The van der Waals surface area contributed by atoms with Crippen LogP contribution < -0.4 is 0 Å². The maximum atomic E-state index is 10.9. The van der Waals surface area contributed by atoms with Gasteiger partial charge in [-0.25, -0.2) is 0 Å². The van der Waals surface area contributed by atoms with E-state index in [9.17, 15) is 9.90 Å². The zero-order valence-corrected chi connectivity index (χ0v) is 8.43. The summed E-state index contributed by atoms with van der Waals surface area (Å²) in [6, 6.07) is 9.77. The summed E-state index contributed by atoms with van der Waals surface area (Å²) < 4.78 is 4.83. The zero-order chi connectivity index (χ0) is 10.7. The quantitative estimate of drug-likeness (QED) is 0.755. The van der Waals surface area contributed by atoms with Crippen LogP contribution >= 0.6 is 0 Å². The van der Waals surface area contributed by atoms with Gasteiger partial charge >= 0.3 is 5.97 Å². The number of ether oxygens (including phenoxy) is 1. The normalized spacial score (nSPS) is 22.5. The number of esters is 1. The van der Waals surface area contributed by atoms with Gasteiger partial charge in [-0.3, -0.25) is 4.79 Å². The van der Waals surface area contributed by atoms with E-state index < -0.39 is 6.10 Å². The molecule has 1 aromatic carbocycles. The van der Waals surface area contributed by atoms with Gasteiger partial charge in [0.1, 0.15) is 0 Å². The summed E-state index contributed by atoms with van der Waals surface area (Å²) in [4.78, 5) is 10.9. The number of carbonyl (C=O) groups is 1. The van der Waals surface area contributed by atoms with Crippen molar-refractivity contribution in [2.24, 2.45) is 5.92 Å². The minimum Gasteiger partial charge on any atom is -0.465 e. The first-order valence-corrected chi connectivity index (χ1v) is 5.13. The zero-order valence-electron chi connectivity index (χ0n) is 8.43. The van der Waals surface area contributed by atoms with Crippen molar-refractivity contribution in [3.63, 3.8) is 0 Å². The van der Waals surface area contributed by atoms with Gasteiger partial charge in [0.25, 0.3) is 0 Å². The highest BCUT2D eigenvalue weighted by Crippen LogP contribution is 2.20. The van der Waals surface area contributed by atoms with Gasteiger partial charge in [0.2, 0.25) is 0 Å². The Kier molecular flexibility index (Phi) is 3.02. The Morgan fingerprint density at radius 1 is 1.40 bits per heavy atom. The number of hydrogen-bond acceptors (Lipinski definition) is 3. The van der Waals surface area contributed by atoms with Gasteiger partial charge in [0.05, 0.1) is 19.1 Å². The van der Waals surface area contributed by atoms with Crippen molar-refractivity contribution in [2.75, 3.05) is 6.61 Å². The van der Waals surface area contributed by atoms with Crippen LogP contribution in [-0.4, -0.2) is 23.8 Å². The predicted octanol–water partition coefficient (Wildman–Crippen LogP) is 1.15. The monoisotopic (exact) mass is 206 g/mol. The largest absolute Gasteiger partial charge is 0.465 e. The van der Waals surface area contributed by atoms with Crippen molar-refractivity contribution in [1.82, 2.24) is 0 Å². The van der Waals surface area contributed by atoms with Gasteiger partial charge in [-0.05, 0) is 12.0 Å². The first kappa shape index (κ1) is 10.2. The Morgan fingerprint density at radius 3 is 2.73 bits per heavy atom. The SMILES string of the molecule is O=C1C[C@@H]([C@@H](O)Cc2ccccc2)CO1. The van der Waals surface area contributed by atoms with E-state index in [0.717, 1.165) is 5.56 Å². The van der Waals surface area contributed by atoms with E-state index in [1.807, 2.05) is 30.3 Å². The molecule has 3 heteroatoms. The highest BCUT2D eigenvalue weighted by molar-refractivity contribution is 5.71. The fraction of sp³-hybridized carbons (Fsp3) is 0.417. The van der Waals surface area contributed by atoms with Crippen LogP contribution in [0.3, 0.4) is 0 Å². The molecule has 1 aromatic rings. The van der Waals surface area contributed by atoms with Crippen molar-refractivity contribution < 1.29 is 14.6 Å². The topological polar surface area (TPSA) is 46.5 Å². The third-order valence-corrected chi connectivity index (χ3v) is 2.72. The molecule has 0 unspecified atom stereocenters. The van der Waals surface area contributed by atoms with Crippen LogP contribution in [0.2, 0.25) is 0 Å². The molecular weight excluding hydrogens is 192 g/mol. The number of benzene rings is 1. The molecule has 1 aliphatic rings. The van der Waals surface area contributed by atoms with Crippen molar-refractivity contribution in [1.29, 1.82) is 0 Å². The molecule has 2 rings (SSSR count). The molecule has 1 aliphatic heterocycles. The van der Waals surface area contributed by atoms with E-state index in [4.69, 9.17) is 4.74 Å². The van der Waals surface area contributed by atoms with Crippen molar-refractivity contribution in [2.45, 2.75) is 18.9 Å². The lowest BCUT2D eigenvalue weighted by Gasteiger charge is -2.14. The summed E-state index contributed by atoms with van der Waals surface area (Å²) in [5, 5.41) is 9.89. The molecular formula is C12H14O3. The molecule has 0 aliphatic carbocycles. The fourth-order valence-electron chi connectivity index (χ4n) is 1.80. The molecule has 1 saturated heterocycles. The molecule has 15 heavy (non-hydrogen) atoms. The van der Waals surface area contributed by atoms with Crippen molar-refractivity contribution in [3.05, 3.63) is 35.9 Å². The molecule has 0 saturated carbocycles. The number of cyclic esters (lactones) is 1. The number of carbonyl (C=O) groups excluding carboxylic acids is 1. The van der Waals surface area contributed by atoms with E-state index in [2.05, 4.69) is 0 Å².